The molecule has 1 N–H and O–H groups in total. The Bertz CT molecular complexity index is 710. The van der Waals surface area contributed by atoms with Gasteiger partial charge in [0.25, 0.3) is 5.91 Å². The molecule has 0 aliphatic carbocycles. The summed E-state index contributed by atoms with van der Waals surface area (Å²) in [6.45, 7) is 1.69. The van der Waals surface area contributed by atoms with Crippen molar-refractivity contribution < 1.29 is 23.9 Å². The number of nitrogens with one attached hydrogen (secondary N) is 1. The fraction of sp³-hybridized carbons (Fsp3) is 0.278. The van der Waals surface area contributed by atoms with Crippen molar-refractivity contribution in [1.82, 2.24) is 0 Å². The first-order valence-electron chi connectivity index (χ1n) is 7.82. The molecule has 7 heteroatoms. The van der Waals surface area contributed by atoms with Crippen LogP contribution in [0.15, 0.2) is 41.1 Å². The molecule has 0 fully saturated rings. The number of rotatable bonds is 8. The van der Waals surface area contributed by atoms with Crippen LogP contribution >= 0.6 is 11.3 Å². The van der Waals surface area contributed by atoms with Crippen molar-refractivity contribution in [2.24, 2.45) is 0 Å². The van der Waals surface area contributed by atoms with Gasteiger partial charge in [-0.25, -0.2) is 4.79 Å². The first-order valence-corrected chi connectivity index (χ1v) is 8.76. The summed E-state index contributed by atoms with van der Waals surface area (Å²) in [5.74, 6) is -1.27. The average molecular weight is 361 g/mol. The van der Waals surface area contributed by atoms with Crippen LogP contribution in [0, 0.1) is 0 Å². The topological polar surface area (TPSA) is 81.7 Å². The summed E-state index contributed by atoms with van der Waals surface area (Å²) < 4.78 is 9.83. The Morgan fingerprint density at radius 3 is 2.48 bits per heavy atom. The summed E-state index contributed by atoms with van der Waals surface area (Å²) in [5, 5.41) is 6.52. The molecule has 1 aromatic heterocycles. The number of anilines is 1. The number of amides is 1. The zero-order chi connectivity index (χ0) is 18.1. The molecule has 1 amide bonds. The van der Waals surface area contributed by atoms with E-state index in [2.05, 4.69) is 5.32 Å². The number of carbonyl (C=O) groups excluding carboxylic acids is 3. The third-order valence-corrected chi connectivity index (χ3v) is 3.97. The van der Waals surface area contributed by atoms with Crippen LogP contribution in [0.1, 0.15) is 29.3 Å². The molecule has 0 aliphatic rings. The van der Waals surface area contributed by atoms with Crippen molar-refractivity contribution >= 4 is 34.9 Å². The first-order chi connectivity index (χ1) is 12.1. The number of esters is 2. The maximum absolute atomic E-state index is 11.8. The van der Waals surface area contributed by atoms with Gasteiger partial charge < -0.3 is 14.8 Å². The third kappa shape index (κ3) is 6.39. The van der Waals surface area contributed by atoms with Gasteiger partial charge in [-0.1, -0.05) is 0 Å². The minimum Gasteiger partial charge on any atom is -0.462 e. The lowest BCUT2D eigenvalue weighted by Crippen LogP contribution is -2.21. The monoisotopic (exact) mass is 361 g/mol. The standard InChI is InChI=1S/C18H19NO5S/c1-2-23-18(22)14-4-6-15(7-5-14)19-16(20)11-24-17(21)8-3-13-9-10-25-12-13/h4-7,9-10,12H,2-3,8,11H2,1H3,(H,19,20). The van der Waals surface area contributed by atoms with Crippen molar-refractivity contribution in [3.8, 4) is 0 Å². The maximum atomic E-state index is 11.8. The van der Waals surface area contributed by atoms with E-state index in [9.17, 15) is 14.4 Å². The highest BCUT2D eigenvalue weighted by molar-refractivity contribution is 7.07. The number of aryl methyl sites for hydroxylation is 1. The van der Waals surface area contributed by atoms with Crippen molar-refractivity contribution in [3.63, 3.8) is 0 Å². The highest BCUT2D eigenvalue weighted by Crippen LogP contribution is 2.11. The van der Waals surface area contributed by atoms with E-state index in [-0.39, 0.29) is 13.0 Å². The normalized spacial score (nSPS) is 10.1. The second-order valence-electron chi connectivity index (χ2n) is 5.14. The van der Waals surface area contributed by atoms with Crippen LogP contribution in [0.2, 0.25) is 0 Å². The zero-order valence-corrected chi connectivity index (χ0v) is 14.6. The minimum atomic E-state index is -0.437. The smallest absolute Gasteiger partial charge is 0.338 e. The van der Waals surface area contributed by atoms with Crippen LogP contribution in [0.3, 0.4) is 0 Å². The summed E-state index contributed by atoms with van der Waals surface area (Å²) >= 11 is 1.57. The molecule has 1 aromatic carbocycles. The maximum Gasteiger partial charge on any atom is 0.338 e. The summed E-state index contributed by atoms with van der Waals surface area (Å²) in [4.78, 5) is 35.0. The van der Waals surface area contributed by atoms with Crippen LogP contribution in [0.4, 0.5) is 5.69 Å². The molecule has 0 aliphatic heterocycles. The van der Waals surface area contributed by atoms with E-state index in [4.69, 9.17) is 9.47 Å². The largest absolute Gasteiger partial charge is 0.462 e. The summed E-state index contributed by atoms with van der Waals surface area (Å²) in [7, 11) is 0. The van der Waals surface area contributed by atoms with Gasteiger partial charge in [0.15, 0.2) is 6.61 Å². The van der Waals surface area contributed by atoms with E-state index in [0.717, 1.165) is 5.56 Å². The van der Waals surface area contributed by atoms with Gasteiger partial charge in [-0.15, -0.1) is 0 Å². The molecular formula is C18H19NO5S. The highest BCUT2D eigenvalue weighted by Gasteiger charge is 2.10. The van der Waals surface area contributed by atoms with Crippen LogP contribution in [0.5, 0.6) is 0 Å². The Labute approximate surface area is 149 Å². The Morgan fingerprint density at radius 1 is 1.08 bits per heavy atom. The number of thiophene rings is 1. The van der Waals surface area contributed by atoms with Gasteiger partial charge in [-0.3, -0.25) is 9.59 Å². The molecule has 0 saturated carbocycles. The molecule has 0 saturated heterocycles. The second kappa shape index (κ2) is 9.58. The molecule has 6 nitrogen and oxygen atoms in total. The lowest BCUT2D eigenvalue weighted by Gasteiger charge is -2.07. The van der Waals surface area contributed by atoms with E-state index < -0.39 is 17.8 Å². The van der Waals surface area contributed by atoms with E-state index in [0.29, 0.717) is 24.3 Å². The predicted molar refractivity (Wildman–Crippen MR) is 94.6 cm³/mol. The van der Waals surface area contributed by atoms with Crippen LogP contribution in [-0.4, -0.2) is 31.1 Å². The van der Waals surface area contributed by atoms with E-state index in [1.54, 1.807) is 42.5 Å². The molecule has 2 rings (SSSR count). The van der Waals surface area contributed by atoms with Crippen LogP contribution in [-0.2, 0) is 25.5 Å². The molecule has 0 bridgehead atoms. The van der Waals surface area contributed by atoms with E-state index in [1.807, 2.05) is 16.8 Å². The summed E-state index contributed by atoms with van der Waals surface area (Å²) in [6, 6.07) is 8.23. The van der Waals surface area contributed by atoms with Crippen molar-refractivity contribution in [3.05, 3.63) is 52.2 Å². The number of ether oxygens (including phenoxy) is 2. The molecule has 0 radical (unpaired) electrons. The predicted octanol–water partition coefficient (Wildman–Crippen LogP) is 3.04. The van der Waals surface area contributed by atoms with E-state index >= 15 is 0 Å². The van der Waals surface area contributed by atoms with Crippen molar-refractivity contribution in [2.45, 2.75) is 19.8 Å². The van der Waals surface area contributed by atoms with Gasteiger partial charge in [0.2, 0.25) is 0 Å². The SMILES string of the molecule is CCOC(=O)c1ccc(NC(=O)COC(=O)CCc2ccsc2)cc1. The van der Waals surface area contributed by atoms with Crippen molar-refractivity contribution in [1.29, 1.82) is 0 Å². The van der Waals surface area contributed by atoms with Gasteiger partial charge in [-0.2, -0.15) is 11.3 Å². The fourth-order valence-electron chi connectivity index (χ4n) is 2.00. The zero-order valence-electron chi connectivity index (χ0n) is 13.8. The fourth-order valence-corrected chi connectivity index (χ4v) is 2.70. The third-order valence-electron chi connectivity index (χ3n) is 3.24. The van der Waals surface area contributed by atoms with E-state index in [1.165, 1.54) is 0 Å². The number of hydrogen-bond donors (Lipinski definition) is 1. The van der Waals surface area contributed by atoms with Crippen LogP contribution < -0.4 is 5.32 Å². The summed E-state index contributed by atoms with van der Waals surface area (Å²) in [6.07, 6.45) is 0.831. The molecule has 0 unspecified atom stereocenters. The Balaban J connectivity index is 1.72. The molecule has 132 valence electrons. The van der Waals surface area contributed by atoms with Gasteiger partial charge in [0.1, 0.15) is 0 Å². The first kappa shape index (κ1) is 18.7. The number of carbonyl (C=O) groups is 3. The highest BCUT2D eigenvalue weighted by atomic mass is 32.1. The second-order valence-corrected chi connectivity index (χ2v) is 5.92. The Hall–Kier alpha value is -2.67. The lowest BCUT2D eigenvalue weighted by molar-refractivity contribution is -0.147. The number of benzene rings is 1. The molecule has 25 heavy (non-hydrogen) atoms. The van der Waals surface area contributed by atoms with Gasteiger partial charge in [0, 0.05) is 12.1 Å². The average Bonchev–Trinajstić information content (AvgIpc) is 3.12. The molecule has 2 aromatic rings. The Kier molecular flexibility index (Phi) is 7.16. The van der Waals surface area contributed by atoms with Crippen molar-refractivity contribution in [2.75, 3.05) is 18.5 Å². The Morgan fingerprint density at radius 2 is 1.84 bits per heavy atom. The van der Waals surface area contributed by atoms with Gasteiger partial charge in [0.05, 0.1) is 12.2 Å². The molecule has 1 heterocycles. The van der Waals surface area contributed by atoms with Gasteiger partial charge >= 0.3 is 11.9 Å². The summed E-state index contributed by atoms with van der Waals surface area (Å²) in [5.41, 5.74) is 1.99. The van der Waals surface area contributed by atoms with Crippen LogP contribution in [0.25, 0.3) is 0 Å². The molecular weight excluding hydrogens is 342 g/mol. The minimum absolute atomic E-state index is 0.234. The molecule has 0 atom stereocenters. The quantitative estimate of drug-likeness (QED) is 0.731. The number of hydrogen-bond acceptors (Lipinski definition) is 6. The molecule has 0 spiro atoms. The lowest BCUT2D eigenvalue weighted by atomic mass is 10.2. The van der Waals surface area contributed by atoms with Gasteiger partial charge in [-0.05, 0) is 60.0 Å².